The first kappa shape index (κ1) is 12.1. The number of nitrogens with zero attached hydrogens (tertiary/aromatic N) is 1. The number of nitrogen functional groups attached to an aromatic ring is 1. The second-order valence-electron chi connectivity index (χ2n) is 3.74. The topological polar surface area (TPSA) is 68.0 Å². The minimum absolute atomic E-state index is 0.149. The second-order valence-corrected chi connectivity index (χ2v) is 6.20. The third-order valence-corrected chi connectivity index (χ3v) is 4.48. The van der Waals surface area contributed by atoms with E-state index in [0.717, 1.165) is 15.4 Å². The smallest absolute Gasteiger partial charge is 0.267 e. The van der Waals surface area contributed by atoms with Crippen LogP contribution in [0.4, 0.5) is 10.8 Å². The highest BCUT2D eigenvalue weighted by Gasteiger charge is 2.13. The van der Waals surface area contributed by atoms with E-state index in [-0.39, 0.29) is 5.91 Å². The molecule has 0 aliphatic heterocycles. The summed E-state index contributed by atoms with van der Waals surface area (Å²) in [4.78, 5) is 18.9. The fourth-order valence-corrected chi connectivity index (χ4v) is 2.94. The van der Waals surface area contributed by atoms with Crippen molar-refractivity contribution < 1.29 is 4.79 Å². The lowest BCUT2D eigenvalue weighted by Crippen LogP contribution is -2.09. The van der Waals surface area contributed by atoms with Crippen molar-refractivity contribution in [1.29, 1.82) is 0 Å². The van der Waals surface area contributed by atoms with Gasteiger partial charge in [-0.15, -0.1) is 22.7 Å². The van der Waals surface area contributed by atoms with Gasteiger partial charge in [-0.2, -0.15) is 0 Å². The highest BCUT2D eigenvalue weighted by Crippen LogP contribution is 2.26. The van der Waals surface area contributed by atoms with Gasteiger partial charge in [-0.05, 0) is 26.8 Å². The van der Waals surface area contributed by atoms with E-state index in [2.05, 4.69) is 10.3 Å². The number of carbonyl (C=O) groups is 1. The first-order chi connectivity index (χ1) is 7.97. The Morgan fingerprint density at radius 1 is 1.29 bits per heavy atom. The highest BCUT2D eigenvalue weighted by molar-refractivity contribution is 7.16. The molecular formula is C11H13N3OS2. The van der Waals surface area contributed by atoms with Crippen LogP contribution in [0, 0.1) is 20.8 Å². The van der Waals surface area contributed by atoms with Crippen molar-refractivity contribution >= 4 is 39.4 Å². The number of carbonyl (C=O) groups excluding carboxylic acids is 1. The van der Waals surface area contributed by atoms with Crippen LogP contribution in [0.2, 0.25) is 0 Å². The van der Waals surface area contributed by atoms with Gasteiger partial charge in [0, 0.05) is 15.4 Å². The monoisotopic (exact) mass is 267 g/mol. The van der Waals surface area contributed by atoms with Gasteiger partial charge in [0.1, 0.15) is 0 Å². The van der Waals surface area contributed by atoms with Crippen LogP contribution < -0.4 is 11.1 Å². The summed E-state index contributed by atoms with van der Waals surface area (Å²) in [6.45, 7) is 5.80. The zero-order chi connectivity index (χ0) is 12.6. The molecule has 6 heteroatoms. The molecule has 0 radical (unpaired) electrons. The summed E-state index contributed by atoms with van der Waals surface area (Å²) in [5, 5.41) is 3.42. The molecule has 2 rings (SSSR count). The number of nitrogens with two attached hydrogens (primary N) is 1. The molecule has 2 aromatic rings. The molecule has 2 aromatic heterocycles. The van der Waals surface area contributed by atoms with Crippen LogP contribution in [0.15, 0.2) is 6.07 Å². The highest BCUT2D eigenvalue weighted by atomic mass is 32.1. The Kier molecular flexibility index (Phi) is 3.17. The van der Waals surface area contributed by atoms with Crippen LogP contribution >= 0.6 is 22.7 Å². The van der Waals surface area contributed by atoms with Crippen molar-refractivity contribution in [2.75, 3.05) is 11.1 Å². The van der Waals surface area contributed by atoms with E-state index in [0.29, 0.717) is 15.7 Å². The lowest BCUT2D eigenvalue weighted by Gasteiger charge is -1.97. The van der Waals surface area contributed by atoms with E-state index in [1.807, 2.05) is 20.8 Å². The summed E-state index contributed by atoms with van der Waals surface area (Å²) in [6, 6.07) is 1.70. The van der Waals surface area contributed by atoms with Gasteiger partial charge in [0.05, 0.1) is 10.6 Å². The number of aryl methyl sites for hydroxylation is 3. The molecule has 0 saturated heterocycles. The fraction of sp³-hybridized carbons (Fsp3) is 0.273. The third-order valence-electron chi connectivity index (χ3n) is 2.43. The van der Waals surface area contributed by atoms with E-state index >= 15 is 0 Å². The van der Waals surface area contributed by atoms with Gasteiger partial charge in [-0.1, -0.05) is 0 Å². The Bertz CT molecular complexity index is 532. The number of thiophene rings is 1. The summed E-state index contributed by atoms with van der Waals surface area (Å²) in [6.07, 6.45) is 0. The number of thiazole rings is 1. The Hall–Kier alpha value is -1.40. The van der Waals surface area contributed by atoms with Crippen molar-refractivity contribution in [2.24, 2.45) is 0 Å². The molecule has 0 atom stereocenters. The Morgan fingerprint density at radius 3 is 2.47 bits per heavy atom. The van der Waals surface area contributed by atoms with Crippen LogP contribution in [-0.2, 0) is 0 Å². The van der Waals surface area contributed by atoms with Crippen molar-refractivity contribution in [3.8, 4) is 0 Å². The molecule has 0 unspecified atom stereocenters. The standard InChI is InChI=1S/C11H13N3OS2/c1-5-6(2)17-11(13-5)14-10(15)9-4-8(12)7(3)16-9/h4H,12H2,1-3H3,(H,13,14,15). The van der Waals surface area contributed by atoms with Crippen LogP contribution in [0.25, 0.3) is 0 Å². The van der Waals surface area contributed by atoms with E-state index in [1.165, 1.54) is 22.7 Å². The second kappa shape index (κ2) is 4.46. The molecule has 0 bridgehead atoms. The number of aromatic nitrogens is 1. The summed E-state index contributed by atoms with van der Waals surface area (Å²) in [5.74, 6) is -0.149. The van der Waals surface area contributed by atoms with E-state index in [9.17, 15) is 4.79 Å². The van der Waals surface area contributed by atoms with Gasteiger partial charge in [0.25, 0.3) is 5.91 Å². The molecule has 0 aliphatic rings. The first-order valence-electron chi connectivity index (χ1n) is 5.08. The van der Waals surface area contributed by atoms with E-state index in [4.69, 9.17) is 5.73 Å². The summed E-state index contributed by atoms with van der Waals surface area (Å²) < 4.78 is 0. The van der Waals surface area contributed by atoms with Crippen LogP contribution in [0.3, 0.4) is 0 Å². The number of amides is 1. The normalized spacial score (nSPS) is 10.5. The molecule has 0 aromatic carbocycles. The molecule has 0 fully saturated rings. The van der Waals surface area contributed by atoms with Crippen LogP contribution in [-0.4, -0.2) is 10.9 Å². The van der Waals surface area contributed by atoms with Gasteiger partial charge in [0.15, 0.2) is 5.13 Å². The molecule has 2 heterocycles. The summed E-state index contributed by atoms with van der Waals surface area (Å²) in [7, 11) is 0. The Labute approximate surface area is 107 Å². The molecule has 17 heavy (non-hydrogen) atoms. The predicted molar refractivity (Wildman–Crippen MR) is 73.0 cm³/mol. The quantitative estimate of drug-likeness (QED) is 0.879. The number of nitrogens with one attached hydrogen (secondary N) is 1. The molecule has 4 nitrogen and oxygen atoms in total. The maximum absolute atomic E-state index is 11.9. The predicted octanol–water partition coefficient (Wildman–Crippen LogP) is 2.96. The van der Waals surface area contributed by atoms with E-state index < -0.39 is 0 Å². The van der Waals surface area contributed by atoms with Gasteiger partial charge < -0.3 is 5.73 Å². The third kappa shape index (κ3) is 2.48. The van der Waals surface area contributed by atoms with Gasteiger partial charge in [-0.25, -0.2) is 4.98 Å². The van der Waals surface area contributed by atoms with Crippen molar-refractivity contribution in [3.63, 3.8) is 0 Å². The molecule has 0 saturated carbocycles. The molecule has 0 aliphatic carbocycles. The zero-order valence-corrected chi connectivity index (χ0v) is 11.5. The lowest BCUT2D eigenvalue weighted by atomic mass is 10.3. The minimum Gasteiger partial charge on any atom is -0.398 e. The average Bonchev–Trinajstić information content (AvgIpc) is 2.73. The zero-order valence-electron chi connectivity index (χ0n) is 9.83. The number of anilines is 2. The Balaban J connectivity index is 2.16. The van der Waals surface area contributed by atoms with Crippen molar-refractivity contribution in [1.82, 2.24) is 4.98 Å². The van der Waals surface area contributed by atoms with Crippen LogP contribution in [0.5, 0.6) is 0 Å². The average molecular weight is 267 g/mol. The molecule has 3 N–H and O–H groups in total. The van der Waals surface area contributed by atoms with Crippen LogP contribution in [0.1, 0.15) is 25.1 Å². The largest absolute Gasteiger partial charge is 0.398 e. The number of hydrogen-bond acceptors (Lipinski definition) is 5. The molecule has 0 spiro atoms. The van der Waals surface area contributed by atoms with Crippen molar-refractivity contribution in [2.45, 2.75) is 20.8 Å². The lowest BCUT2D eigenvalue weighted by molar-refractivity contribution is 0.103. The maximum Gasteiger partial charge on any atom is 0.267 e. The molecule has 1 amide bonds. The number of hydrogen-bond donors (Lipinski definition) is 2. The molecular weight excluding hydrogens is 254 g/mol. The van der Waals surface area contributed by atoms with Gasteiger partial charge >= 0.3 is 0 Å². The minimum atomic E-state index is -0.149. The van der Waals surface area contributed by atoms with E-state index in [1.54, 1.807) is 6.07 Å². The first-order valence-corrected chi connectivity index (χ1v) is 6.72. The van der Waals surface area contributed by atoms with Gasteiger partial charge in [0.2, 0.25) is 0 Å². The fourth-order valence-electron chi connectivity index (χ4n) is 1.29. The number of rotatable bonds is 2. The maximum atomic E-state index is 11.9. The Morgan fingerprint density at radius 2 is 2.00 bits per heavy atom. The van der Waals surface area contributed by atoms with Gasteiger partial charge in [-0.3, -0.25) is 10.1 Å². The molecule has 90 valence electrons. The SMILES string of the molecule is Cc1nc(NC(=O)c2cc(N)c(C)s2)sc1C. The van der Waals surface area contributed by atoms with Crippen molar-refractivity contribution in [3.05, 3.63) is 26.4 Å². The summed E-state index contributed by atoms with van der Waals surface area (Å²) >= 11 is 2.87. The summed E-state index contributed by atoms with van der Waals surface area (Å²) in [5.41, 5.74) is 7.33.